The summed E-state index contributed by atoms with van der Waals surface area (Å²) in [6, 6.07) is 3.39. The smallest absolute Gasteiger partial charge is 0.416 e. The van der Waals surface area contributed by atoms with Gasteiger partial charge in [0.05, 0.1) is 11.3 Å². The molecule has 1 aromatic carbocycles. The Labute approximate surface area is 122 Å². The van der Waals surface area contributed by atoms with Crippen molar-refractivity contribution in [3.8, 4) is 0 Å². The van der Waals surface area contributed by atoms with Crippen molar-refractivity contribution >= 4 is 23.6 Å². The number of halogens is 3. The Kier molecular flexibility index (Phi) is 4.18. The first-order valence-corrected chi connectivity index (χ1v) is 7.09. The van der Waals surface area contributed by atoms with Gasteiger partial charge in [0.15, 0.2) is 0 Å². The number of amides is 1. The Balaban J connectivity index is 2.28. The molecule has 1 heterocycles. The Bertz CT molecular complexity index is 559. The first-order valence-electron chi connectivity index (χ1n) is 6.04. The number of carboxylic acid groups (broad SMARTS) is 1. The maximum Gasteiger partial charge on any atom is 0.416 e. The molecule has 2 rings (SSSR count). The van der Waals surface area contributed by atoms with Gasteiger partial charge < -0.3 is 10.0 Å². The van der Waals surface area contributed by atoms with Gasteiger partial charge >= 0.3 is 12.1 Å². The molecule has 0 bridgehead atoms. The molecular formula is C13H12F3NO3S. The van der Waals surface area contributed by atoms with Crippen molar-refractivity contribution in [1.29, 1.82) is 0 Å². The van der Waals surface area contributed by atoms with E-state index in [0.29, 0.717) is 5.56 Å². The van der Waals surface area contributed by atoms with Crippen molar-refractivity contribution < 1.29 is 27.9 Å². The van der Waals surface area contributed by atoms with Crippen LogP contribution in [0.5, 0.6) is 0 Å². The van der Waals surface area contributed by atoms with Crippen molar-refractivity contribution in [1.82, 2.24) is 4.90 Å². The van der Waals surface area contributed by atoms with Gasteiger partial charge in [0.25, 0.3) is 0 Å². The molecule has 0 aliphatic carbocycles. The molecule has 0 saturated carbocycles. The average Bonchev–Trinajstić information content (AvgIpc) is 2.78. The summed E-state index contributed by atoms with van der Waals surface area (Å²) < 4.78 is 37.6. The van der Waals surface area contributed by atoms with Crippen LogP contribution in [0.1, 0.15) is 23.4 Å². The number of alkyl halides is 3. The zero-order chi connectivity index (χ0) is 15.8. The van der Waals surface area contributed by atoms with Crippen LogP contribution in [-0.4, -0.2) is 33.7 Å². The van der Waals surface area contributed by atoms with Crippen LogP contribution in [0.2, 0.25) is 0 Å². The number of hydrogen-bond acceptors (Lipinski definition) is 3. The van der Waals surface area contributed by atoms with Crippen LogP contribution >= 0.6 is 11.8 Å². The summed E-state index contributed by atoms with van der Waals surface area (Å²) in [5, 5.41) is 8.45. The lowest BCUT2D eigenvalue weighted by molar-refractivity contribution is -0.148. The summed E-state index contributed by atoms with van der Waals surface area (Å²) in [5.41, 5.74) is -0.301. The Morgan fingerprint density at radius 3 is 2.43 bits per heavy atom. The van der Waals surface area contributed by atoms with Crippen LogP contribution in [0.4, 0.5) is 13.2 Å². The second kappa shape index (κ2) is 5.59. The molecule has 1 aliphatic heterocycles. The molecule has 4 nitrogen and oxygen atoms in total. The fourth-order valence-electron chi connectivity index (χ4n) is 2.07. The maximum atomic E-state index is 12.5. The minimum atomic E-state index is -4.43. The van der Waals surface area contributed by atoms with Crippen LogP contribution in [0.25, 0.3) is 0 Å². The number of nitrogens with zero attached hydrogens (tertiary/aromatic N) is 1. The number of carboxylic acids is 1. The molecular weight excluding hydrogens is 307 g/mol. The molecule has 2 atom stereocenters. The highest BCUT2D eigenvalue weighted by Gasteiger charge is 2.39. The zero-order valence-electron chi connectivity index (χ0n) is 10.9. The molecule has 1 saturated heterocycles. The van der Waals surface area contributed by atoms with Crippen LogP contribution < -0.4 is 0 Å². The van der Waals surface area contributed by atoms with Crippen molar-refractivity contribution in [2.45, 2.75) is 24.5 Å². The summed E-state index contributed by atoms with van der Waals surface area (Å²) in [6.45, 7) is 1.38. The van der Waals surface area contributed by atoms with Gasteiger partial charge in [-0.05, 0) is 24.6 Å². The quantitative estimate of drug-likeness (QED) is 0.931. The van der Waals surface area contributed by atoms with E-state index in [0.717, 1.165) is 12.1 Å². The van der Waals surface area contributed by atoms with Gasteiger partial charge in [-0.2, -0.15) is 13.2 Å². The molecule has 8 heteroatoms. The largest absolute Gasteiger partial charge is 0.480 e. The molecule has 1 amide bonds. The number of rotatable bonds is 3. The van der Waals surface area contributed by atoms with E-state index >= 15 is 0 Å². The van der Waals surface area contributed by atoms with Crippen molar-refractivity contribution in [3.63, 3.8) is 0 Å². The molecule has 0 aromatic heterocycles. The van der Waals surface area contributed by atoms with E-state index in [4.69, 9.17) is 5.11 Å². The highest BCUT2D eigenvalue weighted by molar-refractivity contribution is 8.00. The van der Waals surface area contributed by atoms with Crippen molar-refractivity contribution in [2.75, 3.05) is 5.75 Å². The maximum absolute atomic E-state index is 12.5. The lowest BCUT2D eigenvalue weighted by Gasteiger charge is -2.27. The molecule has 2 unspecified atom stereocenters. The van der Waals surface area contributed by atoms with Gasteiger partial charge in [0.2, 0.25) is 5.91 Å². The van der Waals surface area contributed by atoms with E-state index < -0.39 is 29.1 Å². The Hall–Kier alpha value is -1.70. The van der Waals surface area contributed by atoms with E-state index in [-0.39, 0.29) is 11.7 Å². The number of thioether (sulfide) groups is 1. The third-order valence-electron chi connectivity index (χ3n) is 3.20. The zero-order valence-corrected chi connectivity index (χ0v) is 11.7. The monoisotopic (exact) mass is 319 g/mol. The summed E-state index contributed by atoms with van der Waals surface area (Å²) in [7, 11) is 0. The number of benzene rings is 1. The van der Waals surface area contributed by atoms with Crippen molar-refractivity contribution in [2.24, 2.45) is 0 Å². The number of hydrogen-bond donors (Lipinski definition) is 1. The van der Waals surface area contributed by atoms with E-state index in [1.54, 1.807) is 0 Å². The molecule has 114 valence electrons. The number of carbonyl (C=O) groups excluding carboxylic acids is 1. The van der Waals surface area contributed by atoms with Crippen molar-refractivity contribution in [3.05, 3.63) is 35.4 Å². The standard InChI is InChI=1S/C13H12F3NO3S/c1-7(12(19)20)17-10(18)6-21-11(17)8-2-4-9(5-3-8)13(14,15)16/h2-5,7,11H,6H2,1H3,(H,19,20). The van der Waals surface area contributed by atoms with Gasteiger partial charge in [0.1, 0.15) is 11.4 Å². The molecule has 0 spiro atoms. The van der Waals surface area contributed by atoms with Crippen LogP contribution in [0.15, 0.2) is 24.3 Å². The third-order valence-corrected chi connectivity index (χ3v) is 4.43. The lowest BCUT2D eigenvalue weighted by Crippen LogP contribution is -2.41. The highest BCUT2D eigenvalue weighted by atomic mass is 32.2. The molecule has 1 aromatic rings. The van der Waals surface area contributed by atoms with Crippen LogP contribution in [0.3, 0.4) is 0 Å². The van der Waals surface area contributed by atoms with Crippen LogP contribution in [0, 0.1) is 0 Å². The molecule has 1 aliphatic rings. The Morgan fingerprint density at radius 1 is 1.38 bits per heavy atom. The number of aliphatic carboxylic acids is 1. The first-order chi connectivity index (χ1) is 9.71. The van der Waals surface area contributed by atoms with E-state index in [1.165, 1.54) is 35.7 Å². The second-order valence-corrected chi connectivity index (χ2v) is 5.67. The SMILES string of the molecule is CC(C(=O)O)N1C(=O)CSC1c1ccc(C(F)(F)F)cc1. The lowest BCUT2D eigenvalue weighted by atomic mass is 10.1. The Morgan fingerprint density at radius 2 is 1.95 bits per heavy atom. The summed E-state index contributed by atoms with van der Waals surface area (Å²) >= 11 is 1.20. The van der Waals surface area contributed by atoms with Gasteiger partial charge in [-0.25, -0.2) is 4.79 Å². The molecule has 21 heavy (non-hydrogen) atoms. The van der Waals surface area contributed by atoms with E-state index in [1.807, 2.05) is 0 Å². The molecule has 1 N–H and O–H groups in total. The van der Waals surface area contributed by atoms with Gasteiger partial charge in [0, 0.05) is 0 Å². The number of carbonyl (C=O) groups is 2. The normalized spacial score (nSPS) is 20.7. The summed E-state index contributed by atoms with van der Waals surface area (Å²) in [5.74, 6) is -1.37. The fourth-order valence-corrected chi connectivity index (χ4v) is 3.33. The molecule has 1 fully saturated rings. The minimum Gasteiger partial charge on any atom is -0.480 e. The molecule has 0 radical (unpaired) electrons. The second-order valence-electron chi connectivity index (χ2n) is 4.60. The van der Waals surface area contributed by atoms with Crippen LogP contribution in [-0.2, 0) is 15.8 Å². The summed E-state index contributed by atoms with van der Waals surface area (Å²) in [6.07, 6.45) is -4.43. The van der Waals surface area contributed by atoms with E-state index in [9.17, 15) is 22.8 Å². The average molecular weight is 319 g/mol. The third kappa shape index (κ3) is 3.15. The predicted octanol–water partition coefficient (Wildman–Crippen LogP) is 2.75. The highest BCUT2D eigenvalue weighted by Crippen LogP contribution is 2.40. The predicted molar refractivity (Wildman–Crippen MR) is 70.6 cm³/mol. The van der Waals surface area contributed by atoms with Gasteiger partial charge in [-0.15, -0.1) is 11.8 Å². The van der Waals surface area contributed by atoms with Gasteiger partial charge in [-0.1, -0.05) is 12.1 Å². The summed E-state index contributed by atoms with van der Waals surface area (Å²) in [4.78, 5) is 24.0. The fraction of sp³-hybridized carbons (Fsp3) is 0.385. The topological polar surface area (TPSA) is 57.6 Å². The van der Waals surface area contributed by atoms with Gasteiger partial charge in [-0.3, -0.25) is 4.79 Å². The minimum absolute atomic E-state index is 0.114. The van der Waals surface area contributed by atoms with E-state index in [2.05, 4.69) is 0 Å². The first kappa shape index (κ1) is 15.7.